The normalized spacial score (nSPS) is 16.5. The molecule has 2 amide bonds. The molecule has 0 unspecified atom stereocenters. The Balaban J connectivity index is 1.67. The molecule has 2 aromatic carbocycles. The van der Waals surface area contributed by atoms with Crippen LogP contribution in [-0.2, 0) is 20.9 Å². The van der Waals surface area contributed by atoms with Gasteiger partial charge in [0.05, 0.1) is 11.1 Å². The minimum atomic E-state index is -0.695. The van der Waals surface area contributed by atoms with Crippen LogP contribution in [-0.4, -0.2) is 48.6 Å². The van der Waals surface area contributed by atoms with Crippen LogP contribution in [0.3, 0.4) is 0 Å². The minimum absolute atomic E-state index is 0.0279. The van der Waals surface area contributed by atoms with Gasteiger partial charge in [-0.05, 0) is 49.6 Å². The number of nitrogens with one attached hydrogen (secondary N) is 1. The fraction of sp³-hybridized carbons (Fsp3) is 0.391. The van der Waals surface area contributed by atoms with E-state index in [4.69, 9.17) is 32.7 Å². The Hall–Kier alpha value is -2.28. The van der Waals surface area contributed by atoms with Gasteiger partial charge >= 0.3 is 0 Å². The standard InChI is InChI=1S/C23H26Cl2N2O4/c1-16(23(29)26-13-19-5-4-12-30-19)27(14-17-8-10-18(24)11-9-17)22(28)15-31-21-7-3-2-6-20(21)25/h2-3,6-11,16,19H,4-5,12-15H2,1H3,(H,26,29)/t16-,19-/m0/s1. The average Bonchev–Trinajstić information content (AvgIpc) is 3.29. The molecule has 2 aromatic rings. The highest BCUT2D eigenvalue weighted by atomic mass is 35.5. The first-order valence-electron chi connectivity index (χ1n) is 10.2. The summed E-state index contributed by atoms with van der Waals surface area (Å²) in [6.45, 7) is 2.87. The van der Waals surface area contributed by atoms with Crippen molar-refractivity contribution in [2.24, 2.45) is 0 Å². The lowest BCUT2D eigenvalue weighted by Gasteiger charge is -2.29. The van der Waals surface area contributed by atoms with E-state index in [1.807, 2.05) is 12.1 Å². The smallest absolute Gasteiger partial charge is 0.261 e. The van der Waals surface area contributed by atoms with Crippen LogP contribution in [0.1, 0.15) is 25.3 Å². The van der Waals surface area contributed by atoms with E-state index in [9.17, 15) is 9.59 Å². The van der Waals surface area contributed by atoms with Crippen LogP contribution in [0.15, 0.2) is 48.5 Å². The van der Waals surface area contributed by atoms with Crippen LogP contribution in [0.2, 0.25) is 10.0 Å². The number of benzene rings is 2. The van der Waals surface area contributed by atoms with Crippen LogP contribution in [0.4, 0.5) is 0 Å². The third kappa shape index (κ3) is 6.86. The molecule has 3 rings (SSSR count). The number of carbonyl (C=O) groups excluding carboxylic acids is 2. The highest BCUT2D eigenvalue weighted by Crippen LogP contribution is 2.23. The monoisotopic (exact) mass is 464 g/mol. The van der Waals surface area contributed by atoms with Crippen LogP contribution < -0.4 is 10.1 Å². The fourth-order valence-corrected chi connectivity index (χ4v) is 3.64. The number of nitrogens with zero attached hydrogens (tertiary/aromatic N) is 1. The Labute approximate surface area is 192 Å². The van der Waals surface area contributed by atoms with Crippen molar-refractivity contribution >= 4 is 35.0 Å². The van der Waals surface area contributed by atoms with Gasteiger partial charge in [0.1, 0.15) is 11.8 Å². The number of ether oxygens (including phenoxy) is 2. The van der Waals surface area contributed by atoms with E-state index in [0.29, 0.717) is 22.3 Å². The van der Waals surface area contributed by atoms with Gasteiger partial charge in [0.2, 0.25) is 5.91 Å². The van der Waals surface area contributed by atoms with E-state index in [2.05, 4.69) is 5.32 Å². The maximum atomic E-state index is 13.0. The summed E-state index contributed by atoms with van der Waals surface area (Å²) in [6, 6.07) is 13.4. The number of halogens is 2. The summed E-state index contributed by atoms with van der Waals surface area (Å²) in [7, 11) is 0. The van der Waals surface area contributed by atoms with Crippen molar-refractivity contribution in [3.05, 3.63) is 64.1 Å². The molecule has 6 nitrogen and oxygen atoms in total. The molecule has 1 fully saturated rings. The van der Waals surface area contributed by atoms with Crippen molar-refractivity contribution in [1.82, 2.24) is 10.2 Å². The molecule has 0 spiro atoms. The van der Waals surface area contributed by atoms with Gasteiger partial charge in [-0.25, -0.2) is 0 Å². The van der Waals surface area contributed by atoms with Crippen molar-refractivity contribution in [2.45, 2.75) is 38.5 Å². The maximum absolute atomic E-state index is 13.0. The Morgan fingerprint density at radius 1 is 1.19 bits per heavy atom. The lowest BCUT2D eigenvalue weighted by atomic mass is 10.1. The molecule has 2 atom stereocenters. The lowest BCUT2D eigenvalue weighted by molar-refractivity contribution is -0.142. The summed E-state index contributed by atoms with van der Waals surface area (Å²) in [5.41, 5.74) is 0.856. The summed E-state index contributed by atoms with van der Waals surface area (Å²) >= 11 is 12.1. The lowest BCUT2D eigenvalue weighted by Crippen LogP contribution is -2.50. The summed E-state index contributed by atoms with van der Waals surface area (Å²) in [6.07, 6.45) is 1.95. The second-order valence-electron chi connectivity index (χ2n) is 7.42. The number of rotatable bonds is 9. The first kappa shape index (κ1) is 23.4. The second-order valence-corrected chi connectivity index (χ2v) is 8.27. The van der Waals surface area contributed by atoms with E-state index in [1.54, 1.807) is 43.3 Å². The molecule has 1 N–H and O–H groups in total. The molecule has 0 radical (unpaired) electrons. The number of hydrogen-bond acceptors (Lipinski definition) is 4. The molecule has 31 heavy (non-hydrogen) atoms. The third-order valence-corrected chi connectivity index (χ3v) is 5.71. The van der Waals surface area contributed by atoms with Gasteiger partial charge in [-0.15, -0.1) is 0 Å². The first-order valence-corrected chi connectivity index (χ1v) is 11.0. The SMILES string of the molecule is C[C@@H](C(=O)NC[C@@H]1CCCO1)N(Cc1ccc(Cl)cc1)C(=O)COc1ccccc1Cl. The minimum Gasteiger partial charge on any atom is -0.482 e. The summed E-state index contributed by atoms with van der Waals surface area (Å²) in [4.78, 5) is 27.3. The highest BCUT2D eigenvalue weighted by Gasteiger charge is 2.27. The van der Waals surface area contributed by atoms with E-state index in [1.165, 1.54) is 4.90 Å². The number of carbonyl (C=O) groups is 2. The molecule has 1 aliphatic rings. The van der Waals surface area contributed by atoms with E-state index in [0.717, 1.165) is 25.0 Å². The molecule has 1 heterocycles. The van der Waals surface area contributed by atoms with E-state index >= 15 is 0 Å². The maximum Gasteiger partial charge on any atom is 0.261 e. The molecular weight excluding hydrogens is 439 g/mol. The van der Waals surface area contributed by atoms with Crippen LogP contribution in [0.5, 0.6) is 5.75 Å². The van der Waals surface area contributed by atoms with Gasteiger partial charge in [-0.3, -0.25) is 9.59 Å². The van der Waals surface area contributed by atoms with Crippen LogP contribution in [0.25, 0.3) is 0 Å². The average molecular weight is 465 g/mol. The summed E-state index contributed by atoms with van der Waals surface area (Å²) < 4.78 is 11.2. The third-order valence-electron chi connectivity index (χ3n) is 5.15. The van der Waals surface area contributed by atoms with Crippen molar-refractivity contribution in [3.8, 4) is 5.75 Å². The fourth-order valence-electron chi connectivity index (χ4n) is 3.32. The Bertz CT molecular complexity index is 885. The van der Waals surface area contributed by atoms with Gasteiger partial charge < -0.3 is 19.7 Å². The van der Waals surface area contributed by atoms with Gasteiger partial charge in [0, 0.05) is 24.7 Å². The number of hydrogen-bond donors (Lipinski definition) is 1. The van der Waals surface area contributed by atoms with Gasteiger partial charge in [0.25, 0.3) is 5.91 Å². The number of para-hydroxylation sites is 1. The predicted octanol–water partition coefficient (Wildman–Crippen LogP) is 4.08. The summed E-state index contributed by atoms with van der Waals surface area (Å²) in [5.74, 6) is -0.148. The first-order chi connectivity index (χ1) is 14.9. The quantitative estimate of drug-likeness (QED) is 0.606. The molecule has 8 heteroatoms. The van der Waals surface area contributed by atoms with Crippen molar-refractivity contribution in [3.63, 3.8) is 0 Å². The van der Waals surface area contributed by atoms with Crippen molar-refractivity contribution < 1.29 is 19.1 Å². The summed E-state index contributed by atoms with van der Waals surface area (Å²) in [5, 5.41) is 3.92. The van der Waals surface area contributed by atoms with Gasteiger partial charge in [0.15, 0.2) is 6.61 Å². The molecule has 0 aromatic heterocycles. The molecule has 1 saturated heterocycles. The van der Waals surface area contributed by atoms with Crippen LogP contribution in [0, 0.1) is 0 Å². The number of amides is 2. The predicted molar refractivity (Wildman–Crippen MR) is 120 cm³/mol. The molecule has 0 aliphatic carbocycles. The Morgan fingerprint density at radius 2 is 1.94 bits per heavy atom. The van der Waals surface area contributed by atoms with Gasteiger partial charge in [-0.1, -0.05) is 47.5 Å². The molecule has 0 bridgehead atoms. The second kappa shape index (κ2) is 11.4. The highest BCUT2D eigenvalue weighted by molar-refractivity contribution is 6.32. The Kier molecular flexibility index (Phi) is 8.58. The molecule has 166 valence electrons. The van der Waals surface area contributed by atoms with E-state index in [-0.39, 0.29) is 31.1 Å². The molecule has 1 aliphatic heterocycles. The van der Waals surface area contributed by atoms with Crippen molar-refractivity contribution in [1.29, 1.82) is 0 Å². The topological polar surface area (TPSA) is 67.9 Å². The zero-order valence-corrected chi connectivity index (χ0v) is 18.9. The zero-order chi connectivity index (χ0) is 22.2. The molecule has 0 saturated carbocycles. The van der Waals surface area contributed by atoms with Crippen LogP contribution >= 0.6 is 23.2 Å². The van der Waals surface area contributed by atoms with Gasteiger partial charge in [-0.2, -0.15) is 0 Å². The molecular formula is C23H26Cl2N2O4. The Morgan fingerprint density at radius 3 is 2.61 bits per heavy atom. The largest absolute Gasteiger partial charge is 0.482 e. The van der Waals surface area contributed by atoms with Crippen molar-refractivity contribution in [2.75, 3.05) is 19.8 Å². The zero-order valence-electron chi connectivity index (χ0n) is 17.4. The van der Waals surface area contributed by atoms with E-state index < -0.39 is 6.04 Å².